The molecule has 1 N–H and O–H groups in total. The predicted octanol–water partition coefficient (Wildman–Crippen LogP) is -3.15. The summed E-state index contributed by atoms with van der Waals surface area (Å²) < 4.78 is 5.04. The van der Waals surface area contributed by atoms with E-state index in [0.29, 0.717) is 17.3 Å². The topological polar surface area (TPSA) is 90.9 Å². The fourth-order valence-electron chi connectivity index (χ4n) is 1.30. The number of nitrogens with one attached hydrogen (secondary N) is 1. The van der Waals surface area contributed by atoms with Crippen molar-refractivity contribution in [2.45, 2.75) is 0 Å². The number of H-pyrrole nitrogens is 1. The van der Waals surface area contributed by atoms with Crippen molar-refractivity contribution in [1.29, 1.82) is 0 Å². The van der Waals surface area contributed by atoms with E-state index in [1.165, 1.54) is 13.3 Å². The van der Waals surface area contributed by atoms with Gasteiger partial charge in [0.05, 0.1) is 30.5 Å². The molecular weight excluding hydrogens is 233 g/mol. The van der Waals surface area contributed by atoms with Crippen LogP contribution in [0.2, 0.25) is 0 Å². The number of carbonyl (C=O) groups is 1. The van der Waals surface area contributed by atoms with Crippen LogP contribution in [0.1, 0.15) is 10.5 Å². The van der Waals surface area contributed by atoms with Crippen LogP contribution in [0.25, 0.3) is 11.4 Å². The molecule has 0 saturated carbocycles. The van der Waals surface area contributed by atoms with E-state index < -0.39 is 5.97 Å². The van der Waals surface area contributed by atoms with Gasteiger partial charge in [-0.3, -0.25) is 0 Å². The fraction of sp³-hybridized carbons (Fsp3) is 0.100. The van der Waals surface area contributed by atoms with Gasteiger partial charge in [0.25, 0.3) is 0 Å². The first-order chi connectivity index (χ1) is 7.72. The Morgan fingerprint density at radius 2 is 2.24 bits per heavy atom. The van der Waals surface area contributed by atoms with E-state index in [4.69, 9.17) is 4.74 Å². The number of aromatic amines is 1. The van der Waals surface area contributed by atoms with Crippen LogP contribution in [0, 0.1) is 0 Å². The summed E-state index contributed by atoms with van der Waals surface area (Å²) in [7, 11) is 1.48. The second-order valence-electron chi connectivity index (χ2n) is 2.99. The molecule has 0 spiro atoms. The summed E-state index contributed by atoms with van der Waals surface area (Å²) in [6, 6.07) is 3.43. The van der Waals surface area contributed by atoms with Crippen molar-refractivity contribution in [2.24, 2.45) is 0 Å². The minimum absolute atomic E-state index is 0. The normalized spacial score (nSPS) is 9.47. The minimum Gasteiger partial charge on any atom is -0.543 e. The number of carboxylic acids is 1. The Bertz CT molecular complexity index is 527. The van der Waals surface area contributed by atoms with Crippen molar-refractivity contribution in [2.75, 3.05) is 7.11 Å². The Balaban J connectivity index is 0.00000144. The molecule has 0 amide bonds. The monoisotopic (exact) mass is 241 g/mol. The van der Waals surface area contributed by atoms with Gasteiger partial charge in [-0.1, -0.05) is 0 Å². The molecule has 17 heavy (non-hydrogen) atoms. The van der Waals surface area contributed by atoms with E-state index in [9.17, 15) is 9.90 Å². The molecule has 0 aliphatic heterocycles. The quantitative estimate of drug-likeness (QED) is 0.573. The van der Waals surface area contributed by atoms with Crippen LogP contribution < -0.4 is 39.4 Å². The van der Waals surface area contributed by atoms with Gasteiger partial charge in [-0.2, -0.15) is 0 Å². The summed E-state index contributed by atoms with van der Waals surface area (Å²) in [5.41, 5.74) is 0.512. The van der Waals surface area contributed by atoms with Gasteiger partial charge in [-0.05, 0) is 12.1 Å². The molecule has 0 saturated heterocycles. The van der Waals surface area contributed by atoms with Crippen molar-refractivity contribution in [1.82, 2.24) is 15.0 Å². The molecule has 0 aliphatic rings. The van der Waals surface area contributed by atoms with Gasteiger partial charge in [-0.15, -0.1) is 0 Å². The number of pyridine rings is 1. The molecule has 0 atom stereocenters. The number of carbonyl (C=O) groups excluding carboxylic acids is 1. The predicted molar refractivity (Wildman–Crippen MR) is 52.7 cm³/mol. The van der Waals surface area contributed by atoms with Gasteiger partial charge < -0.3 is 19.6 Å². The van der Waals surface area contributed by atoms with E-state index in [1.807, 2.05) is 0 Å². The molecule has 82 valence electrons. The van der Waals surface area contributed by atoms with Crippen LogP contribution in [-0.2, 0) is 0 Å². The standard InChI is InChI=1S/C10H9N3O3.Na/c1-16-9-6(3-2-4-11-9)8-12-5-7(13-8)10(14)15;/h2-5H,1H3,(H,12,13)(H,14,15);/q;+1/p-1. The van der Waals surface area contributed by atoms with Crippen molar-refractivity contribution >= 4 is 5.97 Å². The second kappa shape index (κ2) is 5.81. The number of aromatic carboxylic acids is 1. The van der Waals surface area contributed by atoms with E-state index >= 15 is 0 Å². The number of nitrogens with zero attached hydrogens (tertiary/aromatic N) is 2. The Hall–Kier alpha value is -1.37. The van der Waals surface area contributed by atoms with Crippen LogP contribution in [0.4, 0.5) is 0 Å². The summed E-state index contributed by atoms with van der Waals surface area (Å²) in [5.74, 6) is -0.549. The number of imidazole rings is 1. The smallest absolute Gasteiger partial charge is 0.543 e. The zero-order valence-electron chi connectivity index (χ0n) is 9.43. The summed E-state index contributed by atoms with van der Waals surface area (Å²) in [6.07, 6.45) is 2.77. The van der Waals surface area contributed by atoms with Crippen LogP contribution in [-0.4, -0.2) is 28.0 Å². The number of rotatable bonds is 3. The van der Waals surface area contributed by atoms with E-state index in [0.717, 1.165) is 0 Å². The van der Waals surface area contributed by atoms with E-state index in [2.05, 4.69) is 15.0 Å². The van der Waals surface area contributed by atoms with Gasteiger partial charge in [0.2, 0.25) is 5.88 Å². The average Bonchev–Trinajstić information content (AvgIpc) is 2.78. The first-order valence-corrected chi connectivity index (χ1v) is 4.48. The molecule has 0 fully saturated rings. The number of hydrogen-bond donors (Lipinski definition) is 1. The van der Waals surface area contributed by atoms with Crippen LogP contribution >= 0.6 is 0 Å². The number of aromatic nitrogens is 3. The van der Waals surface area contributed by atoms with Crippen molar-refractivity contribution in [3.63, 3.8) is 0 Å². The van der Waals surface area contributed by atoms with E-state index in [1.54, 1.807) is 18.3 Å². The summed E-state index contributed by atoms with van der Waals surface area (Å²) in [6.45, 7) is 0. The summed E-state index contributed by atoms with van der Waals surface area (Å²) >= 11 is 0. The van der Waals surface area contributed by atoms with Gasteiger partial charge in [0, 0.05) is 6.20 Å². The summed E-state index contributed by atoms with van der Waals surface area (Å²) in [4.78, 5) is 21.1. The number of hydrogen-bond acceptors (Lipinski definition) is 5. The number of ether oxygens (including phenoxy) is 1. The largest absolute Gasteiger partial charge is 1.00 e. The number of carboxylic acid groups (broad SMARTS) is 1. The van der Waals surface area contributed by atoms with E-state index in [-0.39, 0.29) is 35.3 Å². The van der Waals surface area contributed by atoms with Gasteiger partial charge in [0.1, 0.15) is 5.82 Å². The SMILES string of the molecule is COc1ncccc1-c1ncc(C(=O)[O-])[nH]1.[Na+]. The third kappa shape index (κ3) is 2.85. The molecule has 0 aromatic carbocycles. The zero-order valence-corrected chi connectivity index (χ0v) is 11.4. The number of methoxy groups -OCH3 is 1. The maximum absolute atomic E-state index is 10.6. The Morgan fingerprint density at radius 3 is 2.82 bits per heavy atom. The van der Waals surface area contributed by atoms with Crippen LogP contribution in [0.5, 0.6) is 5.88 Å². The third-order valence-corrected chi connectivity index (χ3v) is 2.02. The van der Waals surface area contributed by atoms with Crippen LogP contribution in [0.3, 0.4) is 0 Å². The molecule has 2 aromatic heterocycles. The molecule has 2 heterocycles. The van der Waals surface area contributed by atoms with Crippen LogP contribution in [0.15, 0.2) is 24.5 Å². The first-order valence-electron chi connectivity index (χ1n) is 4.48. The second-order valence-corrected chi connectivity index (χ2v) is 2.99. The van der Waals surface area contributed by atoms with Crippen molar-refractivity contribution in [3.05, 3.63) is 30.2 Å². The molecule has 2 rings (SSSR count). The average molecular weight is 241 g/mol. The molecule has 6 nitrogen and oxygen atoms in total. The first kappa shape index (κ1) is 13.7. The molecule has 2 aromatic rings. The minimum atomic E-state index is -1.30. The molecule has 0 bridgehead atoms. The Morgan fingerprint density at radius 1 is 1.47 bits per heavy atom. The van der Waals surface area contributed by atoms with Crippen molar-refractivity contribution < 1.29 is 44.2 Å². The Labute approximate surface area is 119 Å². The maximum atomic E-state index is 10.6. The van der Waals surface area contributed by atoms with Gasteiger partial charge in [-0.25, -0.2) is 9.97 Å². The summed E-state index contributed by atoms with van der Waals surface area (Å²) in [5, 5.41) is 10.6. The fourth-order valence-corrected chi connectivity index (χ4v) is 1.30. The zero-order chi connectivity index (χ0) is 11.5. The molecule has 7 heteroatoms. The van der Waals surface area contributed by atoms with Gasteiger partial charge >= 0.3 is 29.6 Å². The van der Waals surface area contributed by atoms with Crippen molar-refractivity contribution in [3.8, 4) is 17.3 Å². The molecule has 0 unspecified atom stereocenters. The molecule has 0 aliphatic carbocycles. The molecule has 0 radical (unpaired) electrons. The Kier molecular flexibility index (Phi) is 4.68. The van der Waals surface area contributed by atoms with Gasteiger partial charge in [0.15, 0.2) is 0 Å². The third-order valence-electron chi connectivity index (χ3n) is 2.02. The maximum Gasteiger partial charge on any atom is 1.00 e. The molecular formula is C10H8N3NaO3.